The van der Waals surface area contributed by atoms with Crippen molar-refractivity contribution in [2.45, 2.75) is 0 Å². The first-order valence-corrected chi connectivity index (χ1v) is 2.79. The minimum Gasteiger partial charge on any atom is -0.507 e. The van der Waals surface area contributed by atoms with Crippen molar-refractivity contribution in [1.82, 2.24) is 0 Å². The molecule has 0 unspecified atom stereocenters. The maximum absolute atomic E-state index is 9.04. The van der Waals surface area contributed by atoms with Crippen molar-refractivity contribution in [1.29, 1.82) is 0 Å². The summed E-state index contributed by atoms with van der Waals surface area (Å²) in [5.74, 6) is 2.40. The van der Waals surface area contributed by atoms with E-state index in [0.29, 0.717) is 11.3 Å². The van der Waals surface area contributed by atoms with E-state index in [9.17, 15) is 0 Å². The first-order valence-electron chi connectivity index (χ1n) is 2.79. The predicted molar refractivity (Wildman–Crippen MR) is 40.5 cm³/mol. The number of phenolic OH excluding ortho intramolecular Hbond substituents is 1. The molecule has 0 atom stereocenters. The Labute approximate surface area is 59.3 Å². The molecule has 0 bridgehead atoms. The fourth-order valence-corrected chi connectivity index (χ4v) is 0.669. The first kappa shape index (κ1) is 6.50. The van der Waals surface area contributed by atoms with Crippen LogP contribution in [0.25, 0.3) is 0 Å². The zero-order valence-electron chi connectivity index (χ0n) is 5.33. The number of nitrogen functional groups attached to an aromatic ring is 1. The summed E-state index contributed by atoms with van der Waals surface area (Å²) in [5.41, 5.74) is 6.39. The van der Waals surface area contributed by atoms with Crippen LogP contribution in [0, 0.1) is 12.3 Å². The second-order valence-electron chi connectivity index (χ2n) is 1.92. The van der Waals surface area contributed by atoms with Gasteiger partial charge >= 0.3 is 0 Å². The molecule has 0 spiro atoms. The molecule has 0 heterocycles. The van der Waals surface area contributed by atoms with Gasteiger partial charge in [-0.2, -0.15) is 0 Å². The number of aromatic hydroxyl groups is 1. The van der Waals surface area contributed by atoms with Crippen LogP contribution in [0.4, 0.5) is 5.69 Å². The van der Waals surface area contributed by atoms with Crippen LogP contribution in [0.1, 0.15) is 5.56 Å². The number of nitrogens with two attached hydrogens (primary N) is 1. The number of terminal acetylenes is 1. The molecule has 0 aromatic heterocycles. The summed E-state index contributed by atoms with van der Waals surface area (Å²) in [6.45, 7) is 0. The molecule has 10 heavy (non-hydrogen) atoms. The van der Waals surface area contributed by atoms with E-state index in [0.717, 1.165) is 0 Å². The summed E-state index contributed by atoms with van der Waals surface area (Å²) in [5, 5.41) is 9.04. The Balaban J connectivity index is 3.25. The molecule has 0 saturated heterocycles. The Kier molecular flexibility index (Phi) is 1.51. The zero-order valence-corrected chi connectivity index (χ0v) is 5.33. The van der Waals surface area contributed by atoms with Crippen molar-refractivity contribution in [2.24, 2.45) is 0 Å². The lowest BCUT2D eigenvalue weighted by Gasteiger charge is -1.96. The number of anilines is 1. The quantitative estimate of drug-likeness (QED) is 0.314. The van der Waals surface area contributed by atoms with Gasteiger partial charge in [-0.15, -0.1) is 6.42 Å². The van der Waals surface area contributed by atoms with Crippen LogP contribution < -0.4 is 5.73 Å². The summed E-state index contributed by atoms with van der Waals surface area (Å²) >= 11 is 0. The van der Waals surface area contributed by atoms with Crippen LogP contribution in [-0.4, -0.2) is 5.11 Å². The highest BCUT2D eigenvalue weighted by Crippen LogP contribution is 2.17. The molecule has 50 valence electrons. The van der Waals surface area contributed by atoms with Crippen LogP contribution in [0.5, 0.6) is 5.75 Å². The zero-order chi connectivity index (χ0) is 7.56. The topological polar surface area (TPSA) is 46.2 Å². The predicted octanol–water partition coefficient (Wildman–Crippen LogP) is 0.956. The third kappa shape index (κ3) is 1.03. The molecule has 0 aliphatic heterocycles. The molecule has 1 aromatic carbocycles. The molecule has 0 fully saturated rings. The molecule has 0 aliphatic carbocycles. The van der Waals surface area contributed by atoms with Crippen LogP contribution in [0.2, 0.25) is 0 Å². The minimum atomic E-state index is 0.0942. The normalized spacial score (nSPS) is 8.70. The fraction of sp³-hybridized carbons (Fsp3) is 0. The number of phenols is 1. The molecule has 2 nitrogen and oxygen atoms in total. The van der Waals surface area contributed by atoms with Gasteiger partial charge in [-0.1, -0.05) is 5.92 Å². The summed E-state index contributed by atoms with van der Waals surface area (Å²) < 4.78 is 0. The molecule has 0 aliphatic rings. The molecular weight excluding hydrogens is 126 g/mol. The molecule has 1 aromatic rings. The lowest BCUT2D eigenvalue weighted by atomic mass is 10.2. The van der Waals surface area contributed by atoms with Gasteiger partial charge in [0, 0.05) is 5.69 Å². The Hall–Kier alpha value is -1.62. The lowest BCUT2D eigenvalue weighted by Crippen LogP contribution is -1.84. The Morgan fingerprint density at radius 1 is 1.50 bits per heavy atom. The van der Waals surface area contributed by atoms with Gasteiger partial charge in [-0.05, 0) is 18.2 Å². The number of benzene rings is 1. The molecule has 1 rings (SSSR count). The molecule has 0 radical (unpaired) electrons. The van der Waals surface area contributed by atoms with Gasteiger partial charge in [0.05, 0.1) is 5.56 Å². The van der Waals surface area contributed by atoms with E-state index in [1.165, 1.54) is 6.07 Å². The fourth-order valence-electron chi connectivity index (χ4n) is 0.669. The van der Waals surface area contributed by atoms with E-state index < -0.39 is 0 Å². The average molecular weight is 133 g/mol. The summed E-state index contributed by atoms with van der Waals surface area (Å²) in [4.78, 5) is 0. The van der Waals surface area contributed by atoms with Crippen LogP contribution in [0.15, 0.2) is 18.2 Å². The van der Waals surface area contributed by atoms with Gasteiger partial charge in [0.25, 0.3) is 0 Å². The van der Waals surface area contributed by atoms with Crippen molar-refractivity contribution >= 4 is 5.69 Å². The van der Waals surface area contributed by atoms with Crippen molar-refractivity contribution in [3.8, 4) is 18.1 Å². The highest BCUT2D eigenvalue weighted by molar-refractivity contribution is 5.53. The average Bonchev–Trinajstić information content (AvgIpc) is 1.94. The minimum absolute atomic E-state index is 0.0942. The number of hydrogen-bond donors (Lipinski definition) is 2. The molecule has 0 amide bonds. The number of hydrogen-bond acceptors (Lipinski definition) is 2. The maximum atomic E-state index is 9.04. The van der Waals surface area contributed by atoms with Crippen molar-refractivity contribution in [3.63, 3.8) is 0 Å². The summed E-state index contributed by atoms with van der Waals surface area (Å²) in [6.07, 6.45) is 5.05. The third-order valence-corrected chi connectivity index (χ3v) is 1.18. The van der Waals surface area contributed by atoms with Gasteiger partial charge < -0.3 is 10.8 Å². The highest BCUT2D eigenvalue weighted by Gasteiger charge is 1.95. The van der Waals surface area contributed by atoms with Gasteiger partial charge in [0.1, 0.15) is 5.75 Å². The second kappa shape index (κ2) is 2.32. The van der Waals surface area contributed by atoms with Crippen molar-refractivity contribution < 1.29 is 5.11 Å². The van der Waals surface area contributed by atoms with Gasteiger partial charge in [-0.25, -0.2) is 0 Å². The largest absolute Gasteiger partial charge is 0.507 e. The standard InChI is InChI=1S/C8H7NO/c1-2-6-5-7(9)3-4-8(6)10/h1,3-5,10H,9H2. The SMILES string of the molecule is C#Cc1cc(N)ccc1O. The maximum Gasteiger partial charge on any atom is 0.131 e. The van der Waals surface area contributed by atoms with Crippen molar-refractivity contribution in [2.75, 3.05) is 5.73 Å². The van der Waals surface area contributed by atoms with E-state index in [1.807, 2.05) is 0 Å². The highest BCUT2D eigenvalue weighted by atomic mass is 16.3. The van der Waals surface area contributed by atoms with E-state index in [1.54, 1.807) is 12.1 Å². The number of rotatable bonds is 0. The molecular formula is C8H7NO. The van der Waals surface area contributed by atoms with Gasteiger partial charge in [0.15, 0.2) is 0 Å². The van der Waals surface area contributed by atoms with E-state index >= 15 is 0 Å². The van der Waals surface area contributed by atoms with Crippen molar-refractivity contribution in [3.05, 3.63) is 23.8 Å². The first-order chi connectivity index (χ1) is 4.74. The third-order valence-electron chi connectivity index (χ3n) is 1.18. The van der Waals surface area contributed by atoms with Gasteiger partial charge in [-0.3, -0.25) is 0 Å². The monoisotopic (exact) mass is 133 g/mol. The van der Waals surface area contributed by atoms with Crippen LogP contribution >= 0.6 is 0 Å². The van der Waals surface area contributed by atoms with E-state index in [4.69, 9.17) is 17.3 Å². The smallest absolute Gasteiger partial charge is 0.131 e. The lowest BCUT2D eigenvalue weighted by molar-refractivity contribution is 0.474. The summed E-state index contributed by atoms with van der Waals surface area (Å²) in [6, 6.07) is 4.62. The van der Waals surface area contributed by atoms with Crippen LogP contribution in [-0.2, 0) is 0 Å². The Morgan fingerprint density at radius 3 is 2.70 bits per heavy atom. The summed E-state index contributed by atoms with van der Waals surface area (Å²) in [7, 11) is 0. The van der Waals surface area contributed by atoms with Crippen LogP contribution in [0.3, 0.4) is 0 Å². The molecule has 0 saturated carbocycles. The molecule has 2 heteroatoms. The van der Waals surface area contributed by atoms with Gasteiger partial charge in [0.2, 0.25) is 0 Å². The Morgan fingerprint density at radius 2 is 2.20 bits per heavy atom. The second-order valence-corrected chi connectivity index (χ2v) is 1.92. The molecule has 3 N–H and O–H groups in total. The Bertz CT molecular complexity index is 286. The van der Waals surface area contributed by atoms with E-state index in [-0.39, 0.29) is 5.75 Å². The van der Waals surface area contributed by atoms with E-state index in [2.05, 4.69) is 5.92 Å².